The highest BCUT2D eigenvalue weighted by Gasteiger charge is 2.21. The molecule has 0 aliphatic rings. The van der Waals surface area contributed by atoms with E-state index in [4.69, 9.17) is 4.98 Å². The summed E-state index contributed by atoms with van der Waals surface area (Å²) in [6.45, 7) is 0. The van der Waals surface area contributed by atoms with Crippen LogP contribution in [-0.4, -0.2) is 14.1 Å². The first-order chi connectivity index (χ1) is 25.7. The lowest BCUT2D eigenvalue weighted by atomic mass is 9.99. The van der Waals surface area contributed by atoms with Gasteiger partial charge in [-0.1, -0.05) is 121 Å². The molecule has 0 spiro atoms. The first kappa shape index (κ1) is 29.7. The quantitative estimate of drug-likeness (QED) is 0.184. The molecule has 0 unspecified atom stereocenters. The van der Waals surface area contributed by atoms with Gasteiger partial charge in [-0.15, -0.1) is 0 Å². The van der Waals surface area contributed by atoms with E-state index >= 15 is 0 Å². The minimum atomic E-state index is 0.575. The van der Waals surface area contributed by atoms with E-state index in [0.29, 0.717) is 5.56 Å². The Balaban J connectivity index is 1.29. The molecule has 0 N–H and O–H groups in total. The van der Waals surface area contributed by atoms with Gasteiger partial charge in [0.25, 0.3) is 0 Å². The Labute approximate surface area is 300 Å². The molecular weight excluding hydrogens is 633 g/mol. The fraction of sp³-hybridized carbons (Fsp3) is 0. The molecule has 3 heterocycles. The van der Waals surface area contributed by atoms with Crippen molar-refractivity contribution in [1.29, 1.82) is 5.26 Å². The zero-order valence-corrected chi connectivity index (χ0v) is 28.1. The number of pyridine rings is 1. The molecular formula is C48H30N4. The molecule has 0 radical (unpaired) electrons. The molecule has 0 aliphatic carbocycles. The molecule has 0 amide bonds. The highest BCUT2D eigenvalue weighted by Crippen LogP contribution is 2.42. The van der Waals surface area contributed by atoms with Gasteiger partial charge in [0.05, 0.1) is 45.1 Å². The number of benzene rings is 7. The van der Waals surface area contributed by atoms with E-state index < -0.39 is 0 Å². The zero-order valence-electron chi connectivity index (χ0n) is 28.1. The molecule has 242 valence electrons. The summed E-state index contributed by atoms with van der Waals surface area (Å²) >= 11 is 0. The number of rotatable bonds is 5. The molecule has 0 saturated carbocycles. The van der Waals surface area contributed by atoms with Crippen LogP contribution in [0.15, 0.2) is 182 Å². The number of fused-ring (bicyclic) bond motifs is 7. The predicted octanol–water partition coefficient (Wildman–Crippen LogP) is 12.1. The van der Waals surface area contributed by atoms with Crippen molar-refractivity contribution in [3.63, 3.8) is 0 Å². The molecule has 10 rings (SSSR count). The van der Waals surface area contributed by atoms with Crippen molar-refractivity contribution in [1.82, 2.24) is 14.1 Å². The van der Waals surface area contributed by atoms with Crippen molar-refractivity contribution in [2.75, 3.05) is 0 Å². The lowest BCUT2D eigenvalue weighted by Gasteiger charge is -2.14. The fourth-order valence-electron chi connectivity index (χ4n) is 7.82. The lowest BCUT2D eigenvalue weighted by molar-refractivity contribution is 1.17. The SMILES string of the molecule is N#Cc1cc(-c2cc(-c3ccccc3)cc(-c3ccccc3)n2)cc(-n2c3ccccc3c3ccc4c(c5ccccc5n4-c4ccccc4)c32)c1. The number of nitriles is 1. The zero-order chi connectivity index (χ0) is 34.6. The molecule has 7 aromatic carbocycles. The van der Waals surface area contributed by atoms with E-state index in [1.807, 2.05) is 36.4 Å². The van der Waals surface area contributed by atoms with Crippen molar-refractivity contribution >= 4 is 43.6 Å². The van der Waals surface area contributed by atoms with Crippen molar-refractivity contribution in [3.05, 3.63) is 188 Å². The molecule has 0 fully saturated rings. The molecule has 4 nitrogen and oxygen atoms in total. The summed E-state index contributed by atoms with van der Waals surface area (Å²) in [5.41, 5.74) is 12.9. The second-order valence-corrected chi connectivity index (χ2v) is 13.1. The van der Waals surface area contributed by atoms with Crippen molar-refractivity contribution in [3.8, 4) is 51.1 Å². The minimum absolute atomic E-state index is 0.575. The van der Waals surface area contributed by atoms with E-state index in [-0.39, 0.29) is 0 Å². The Morgan fingerprint density at radius 1 is 0.404 bits per heavy atom. The minimum Gasteiger partial charge on any atom is -0.309 e. The molecule has 0 aliphatic heterocycles. The molecule has 52 heavy (non-hydrogen) atoms. The van der Waals surface area contributed by atoms with E-state index in [0.717, 1.165) is 72.5 Å². The van der Waals surface area contributed by atoms with Crippen molar-refractivity contribution in [2.45, 2.75) is 0 Å². The van der Waals surface area contributed by atoms with Crippen LogP contribution in [0, 0.1) is 11.3 Å². The normalized spacial score (nSPS) is 11.4. The predicted molar refractivity (Wildman–Crippen MR) is 214 cm³/mol. The first-order valence-electron chi connectivity index (χ1n) is 17.4. The number of para-hydroxylation sites is 3. The van der Waals surface area contributed by atoms with E-state index in [1.165, 1.54) is 16.2 Å². The molecule has 0 atom stereocenters. The van der Waals surface area contributed by atoms with Gasteiger partial charge in [-0.25, -0.2) is 4.98 Å². The van der Waals surface area contributed by atoms with Crippen LogP contribution < -0.4 is 0 Å². The van der Waals surface area contributed by atoms with E-state index in [1.54, 1.807) is 0 Å². The smallest absolute Gasteiger partial charge is 0.0992 e. The highest BCUT2D eigenvalue weighted by molar-refractivity contribution is 6.26. The van der Waals surface area contributed by atoms with Gasteiger partial charge in [0.15, 0.2) is 0 Å². The number of aromatic nitrogens is 3. The Bertz CT molecular complexity index is 2940. The van der Waals surface area contributed by atoms with Crippen LogP contribution in [0.3, 0.4) is 0 Å². The average molecular weight is 663 g/mol. The van der Waals surface area contributed by atoms with Crippen LogP contribution in [0.25, 0.3) is 88.6 Å². The maximum atomic E-state index is 10.5. The molecule has 3 aromatic heterocycles. The highest BCUT2D eigenvalue weighted by atomic mass is 15.0. The summed E-state index contributed by atoms with van der Waals surface area (Å²) in [6, 6.07) is 65.9. The van der Waals surface area contributed by atoms with Crippen LogP contribution in [0.5, 0.6) is 0 Å². The lowest BCUT2D eigenvalue weighted by Crippen LogP contribution is -1.98. The third-order valence-electron chi connectivity index (χ3n) is 10.1. The second-order valence-electron chi connectivity index (χ2n) is 13.1. The Kier molecular flexibility index (Phi) is 6.84. The van der Waals surface area contributed by atoms with Gasteiger partial charge < -0.3 is 9.13 Å². The van der Waals surface area contributed by atoms with Crippen LogP contribution in [0.4, 0.5) is 0 Å². The third kappa shape index (κ3) is 4.72. The van der Waals surface area contributed by atoms with Gasteiger partial charge >= 0.3 is 0 Å². The van der Waals surface area contributed by atoms with Gasteiger partial charge in [-0.05, 0) is 71.8 Å². The van der Waals surface area contributed by atoms with Crippen molar-refractivity contribution in [2.24, 2.45) is 0 Å². The maximum absolute atomic E-state index is 10.5. The topological polar surface area (TPSA) is 46.5 Å². The van der Waals surface area contributed by atoms with E-state index in [9.17, 15) is 5.26 Å². The second kappa shape index (κ2) is 12.0. The summed E-state index contributed by atoms with van der Waals surface area (Å²) in [6.07, 6.45) is 0. The summed E-state index contributed by atoms with van der Waals surface area (Å²) in [5, 5.41) is 15.2. The molecule has 10 aromatic rings. The monoisotopic (exact) mass is 662 g/mol. The van der Waals surface area contributed by atoms with Crippen LogP contribution in [0.2, 0.25) is 0 Å². The number of hydrogen-bond donors (Lipinski definition) is 0. The van der Waals surface area contributed by atoms with Gasteiger partial charge in [0.2, 0.25) is 0 Å². The number of hydrogen-bond acceptors (Lipinski definition) is 2. The summed E-state index contributed by atoms with van der Waals surface area (Å²) in [5.74, 6) is 0. The van der Waals surface area contributed by atoms with Crippen LogP contribution in [0.1, 0.15) is 5.56 Å². The summed E-state index contributed by atoms with van der Waals surface area (Å²) in [7, 11) is 0. The van der Waals surface area contributed by atoms with E-state index in [2.05, 4.69) is 161 Å². The largest absolute Gasteiger partial charge is 0.309 e. The van der Waals surface area contributed by atoms with Gasteiger partial charge in [0.1, 0.15) is 0 Å². The standard InChI is InChI=1S/C48H30N4/c49-31-32-26-36(43-30-35(33-14-4-1-5-15-33)29-42(50-43)34-16-6-2-7-17-34)28-38(27-32)52-44-22-12-10-20-39(44)40-24-25-46-47(48(40)52)41-21-11-13-23-45(41)51(46)37-18-8-3-9-19-37/h1-30H. The van der Waals surface area contributed by atoms with Crippen LogP contribution >= 0.6 is 0 Å². The van der Waals surface area contributed by atoms with Crippen LogP contribution in [-0.2, 0) is 0 Å². The van der Waals surface area contributed by atoms with Gasteiger partial charge in [0, 0.05) is 44.0 Å². The Hall–Kier alpha value is -7.22. The molecule has 0 bridgehead atoms. The summed E-state index contributed by atoms with van der Waals surface area (Å²) < 4.78 is 4.70. The Morgan fingerprint density at radius 2 is 1.00 bits per heavy atom. The third-order valence-corrected chi connectivity index (χ3v) is 10.1. The number of nitrogens with zero attached hydrogens (tertiary/aromatic N) is 4. The first-order valence-corrected chi connectivity index (χ1v) is 17.4. The molecule has 0 saturated heterocycles. The van der Waals surface area contributed by atoms with Gasteiger partial charge in [-0.2, -0.15) is 5.26 Å². The fourth-order valence-corrected chi connectivity index (χ4v) is 7.82. The average Bonchev–Trinajstić information content (AvgIpc) is 3.74. The van der Waals surface area contributed by atoms with Crippen molar-refractivity contribution < 1.29 is 0 Å². The summed E-state index contributed by atoms with van der Waals surface area (Å²) in [4.78, 5) is 5.23. The molecule has 4 heteroatoms. The maximum Gasteiger partial charge on any atom is 0.0992 e. The van der Waals surface area contributed by atoms with Gasteiger partial charge in [-0.3, -0.25) is 0 Å². The Morgan fingerprint density at radius 3 is 1.71 bits per heavy atom.